The molecule has 0 saturated carbocycles. The van der Waals surface area contributed by atoms with Crippen LogP contribution in [0.15, 0.2) is 24.3 Å². The SMILES string of the molecule is CCC(c1cccc(F)c1)C(Br)C(C)C. The van der Waals surface area contributed by atoms with Crippen LogP contribution in [-0.2, 0) is 0 Å². The molecule has 0 nitrogen and oxygen atoms in total. The second-order valence-electron chi connectivity index (χ2n) is 4.26. The molecule has 0 aliphatic carbocycles. The third kappa shape index (κ3) is 3.30. The summed E-state index contributed by atoms with van der Waals surface area (Å²) in [5.74, 6) is 0.799. The Morgan fingerprint density at radius 3 is 2.47 bits per heavy atom. The van der Waals surface area contributed by atoms with Crippen molar-refractivity contribution in [1.82, 2.24) is 0 Å². The van der Waals surface area contributed by atoms with Crippen LogP contribution >= 0.6 is 15.9 Å². The van der Waals surface area contributed by atoms with Gasteiger partial charge in [-0.25, -0.2) is 4.39 Å². The lowest BCUT2D eigenvalue weighted by atomic mass is 9.88. The summed E-state index contributed by atoms with van der Waals surface area (Å²) in [6, 6.07) is 6.93. The lowest BCUT2D eigenvalue weighted by Gasteiger charge is -2.24. The first-order chi connectivity index (χ1) is 7.06. The molecule has 1 aromatic carbocycles. The molecule has 0 radical (unpaired) electrons. The first kappa shape index (κ1) is 12.7. The predicted octanol–water partition coefficient (Wildman–Crippen LogP) is 4.74. The normalized spacial score (nSPS) is 15.3. The second kappa shape index (κ2) is 5.64. The van der Waals surface area contributed by atoms with E-state index in [0.29, 0.717) is 16.7 Å². The van der Waals surface area contributed by atoms with Crippen molar-refractivity contribution in [3.8, 4) is 0 Å². The van der Waals surface area contributed by atoms with E-state index in [2.05, 4.69) is 36.7 Å². The van der Waals surface area contributed by atoms with Crippen LogP contribution < -0.4 is 0 Å². The van der Waals surface area contributed by atoms with Crippen molar-refractivity contribution in [2.75, 3.05) is 0 Å². The minimum Gasteiger partial charge on any atom is -0.207 e. The zero-order chi connectivity index (χ0) is 11.4. The maximum absolute atomic E-state index is 13.1. The minimum atomic E-state index is -0.144. The number of alkyl halides is 1. The maximum Gasteiger partial charge on any atom is 0.123 e. The Morgan fingerprint density at radius 1 is 1.33 bits per heavy atom. The average molecular weight is 273 g/mol. The first-order valence-electron chi connectivity index (χ1n) is 5.45. The Kier molecular flexibility index (Phi) is 4.78. The molecule has 1 rings (SSSR count). The van der Waals surface area contributed by atoms with E-state index in [0.717, 1.165) is 12.0 Å². The summed E-state index contributed by atoms with van der Waals surface area (Å²) in [6.07, 6.45) is 1.03. The standard InChI is InChI=1S/C13H18BrF/c1-4-12(13(14)9(2)3)10-6-5-7-11(15)8-10/h5-9,12-13H,4H2,1-3H3. The molecule has 2 unspecified atom stereocenters. The molecule has 0 heterocycles. The third-order valence-corrected chi connectivity index (χ3v) is 4.43. The number of halogens is 2. The van der Waals surface area contributed by atoms with Gasteiger partial charge in [-0.1, -0.05) is 48.8 Å². The van der Waals surface area contributed by atoms with Crippen molar-refractivity contribution >= 4 is 15.9 Å². The molecular formula is C13H18BrF. The van der Waals surface area contributed by atoms with E-state index in [1.54, 1.807) is 12.1 Å². The largest absolute Gasteiger partial charge is 0.207 e. The number of benzene rings is 1. The van der Waals surface area contributed by atoms with Crippen molar-refractivity contribution < 1.29 is 4.39 Å². The number of rotatable bonds is 4. The van der Waals surface area contributed by atoms with Crippen LogP contribution in [0.5, 0.6) is 0 Å². The van der Waals surface area contributed by atoms with Crippen molar-refractivity contribution in [3.63, 3.8) is 0 Å². The van der Waals surface area contributed by atoms with Gasteiger partial charge in [0.2, 0.25) is 0 Å². The van der Waals surface area contributed by atoms with Crippen molar-refractivity contribution in [1.29, 1.82) is 0 Å². The van der Waals surface area contributed by atoms with Crippen molar-refractivity contribution in [2.24, 2.45) is 5.92 Å². The molecule has 0 bridgehead atoms. The quantitative estimate of drug-likeness (QED) is 0.695. The van der Waals surface area contributed by atoms with E-state index in [4.69, 9.17) is 0 Å². The summed E-state index contributed by atoms with van der Waals surface area (Å²) in [6.45, 7) is 6.51. The van der Waals surface area contributed by atoms with Crippen LogP contribution in [0.25, 0.3) is 0 Å². The molecule has 0 N–H and O–H groups in total. The Hall–Kier alpha value is -0.370. The Bertz CT molecular complexity index is 309. The lowest BCUT2D eigenvalue weighted by Crippen LogP contribution is -2.17. The molecule has 0 amide bonds. The van der Waals surface area contributed by atoms with E-state index < -0.39 is 0 Å². The molecule has 0 fully saturated rings. The Labute approximate surface area is 100 Å². The summed E-state index contributed by atoms with van der Waals surface area (Å²) >= 11 is 3.71. The second-order valence-corrected chi connectivity index (χ2v) is 5.32. The summed E-state index contributed by atoms with van der Waals surface area (Å²) in [7, 11) is 0. The summed E-state index contributed by atoms with van der Waals surface area (Å²) in [5, 5.41) is 0. The van der Waals surface area contributed by atoms with Crippen LogP contribution in [-0.4, -0.2) is 4.83 Å². The van der Waals surface area contributed by atoms with Crippen LogP contribution in [0.2, 0.25) is 0 Å². The van der Waals surface area contributed by atoms with Gasteiger partial charge in [-0.2, -0.15) is 0 Å². The van der Waals surface area contributed by atoms with Gasteiger partial charge in [-0.3, -0.25) is 0 Å². The molecule has 84 valence electrons. The zero-order valence-corrected chi connectivity index (χ0v) is 11.1. The van der Waals surface area contributed by atoms with Gasteiger partial charge in [0.15, 0.2) is 0 Å². The van der Waals surface area contributed by atoms with E-state index in [9.17, 15) is 4.39 Å². The highest BCUT2D eigenvalue weighted by molar-refractivity contribution is 9.09. The van der Waals surface area contributed by atoms with Gasteiger partial charge >= 0.3 is 0 Å². The van der Waals surface area contributed by atoms with Gasteiger partial charge in [-0.05, 0) is 36.0 Å². The molecule has 2 heteroatoms. The van der Waals surface area contributed by atoms with Crippen LogP contribution in [0.4, 0.5) is 4.39 Å². The van der Waals surface area contributed by atoms with E-state index >= 15 is 0 Å². The first-order valence-corrected chi connectivity index (χ1v) is 6.37. The molecule has 0 aliphatic heterocycles. The monoisotopic (exact) mass is 272 g/mol. The summed E-state index contributed by atoms with van der Waals surface area (Å²) < 4.78 is 13.1. The molecule has 0 aliphatic rings. The molecule has 1 aromatic rings. The van der Waals surface area contributed by atoms with E-state index in [-0.39, 0.29) is 5.82 Å². The predicted molar refractivity (Wildman–Crippen MR) is 67.0 cm³/mol. The lowest BCUT2D eigenvalue weighted by molar-refractivity contribution is 0.511. The summed E-state index contributed by atoms with van der Waals surface area (Å²) in [4.78, 5) is 0.407. The van der Waals surface area contributed by atoms with Crippen LogP contribution in [0.1, 0.15) is 38.7 Å². The van der Waals surface area contributed by atoms with Crippen LogP contribution in [0, 0.1) is 11.7 Å². The molecule has 15 heavy (non-hydrogen) atoms. The van der Waals surface area contributed by atoms with Gasteiger partial charge in [-0.15, -0.1) is 0 Å². The maximum atomic E-state index is 13.1. The molecular weight excluding hydrogens is 255 g/mol. The highest BCUT2D eigenvalue weighted by Gasteiger charge is 2.22. The molecule has 2 atom stereocenters. The Balaban J connectivity index is 2.92. The van der Waals surface area contributed by atoms with E-state index in [1.807, 2.05) is 6.07 Å². The number of hydrogen-bond acceptors (Lipinski definition) is 0. The number of hydrogen-bond donors (Lipinski definition) is 0. The van der Waals surface area contributed by atoms with Crippen molar-refractivity contribution in [2.45, 2.75) is 37.9 Å². The third-order valence-electron chi connectivity index (χ3n) is 2.74. The Morgan fingerprint density at radius 2 is 2.00 bits per heavy atom. The highest BCUT2D eigenvalue weighted by atomic mass is 79.9. The van der Waals surface area contributed by atoms with Crippen molar-refractivity contribution in [3.05, 3.63) is 35.6 Å². The van der Waals surface area contributed by atoms with Gasteiger partial charge in [0.25, 0.3) is 0 Å². The topological polar surface area (TPSA) is 0 Å². The average Bonchev–Trinajstić information content (AvgIpc) is 2.18. The van der Waals surface area contributed by atoms with Gasteiger partial charge in [0.05, 0.1) is 0 Å². The van der Waals surface area contributed by atoms with E-state index in [1.165, 1.54) is 6.07 Å². The fourth-order valence-corrected chi connectivity index (χ4v) is 2.53. The van der Waals surface area contributed by atoms with Gasteiger partial charge < -0.3 is 0 Å². The highest BCUT2D eigenvalue weighted by Crippen LogP contribution is 2.32. The summed E-state index contributed by atoms with van der Waals surface area (Å²) in [5.41, 5.74) is 1.09. The zero-order valence-electron chi connectivity index (χ0n) is 9.50. The molecule has 0 saturated heterocycles. The fraction of sp³-hybridized carbons (Fsp3) is 0.538. The smallest absolute Gasteiger partial charge is 0.123 e. The van der Waals surface area contributed by atoms with Crippen LogP contribution in [0.3, 0.4) is 0 Å². The van der Waals surface area contributed by atoms with Gasteiger partial charge in [0.1, 0.15) is 5.82 Å². The molecule has 0 spiro atoms. The fourth-order valence-electron chi connectivity index (χ4n) is 1.85. The minimum absolute atomic E-state index is 0.144. The van der Waals surface area contributed by atoms with Gasteiger partial charge in [0, 0.05) is 4.83 Å². The molecule has 0 aromatic heterocycles.